The molecule has 3 rings (SSSR count). The van der Waals surface area contributed by atoms with Gasteiger partial charge in [-0.15, -0.1) is 0 Å². The van der Waals surface area contributed by atoms with Crippen LogP contribution in [0.4, 0.5) is 5.69 Å². The fourth-order valence-electron chi connectivity index (χ4n) is 3.32. The molecule has 0 spiro atoms. The van der Waals surface area contributed by atoms with Crippen LogP contribution in [0.2, 0.25) is 0 Å². The first-order valence-electron chi connectivity index (χ1n) is 8.39. The minimum atomic E-state index is -0.0620. The number of anilines is 1. The average Bonchev–Trinajstić information content (AvgIpc) is 2.62. The Labute approximate surface area is 137 Å². The van der Waals surface area contributed by atoms with Crippen LogP contribution in [0.25, 0.3) is 0 Å². The summed E-state index contributed by atoms with van der Waals surface area (Å²) >= 11 is 0. The highest BCUT2D eigenvalue weighted by Gasteiger charge is 2.30. The summed E-state index contributed by atoms with van der Waals surface area (Å²) in [7, 11) is 1.87. The maximum Gasteiger partial charge on any atom is 0.270 e. The number of para-hydroxylation sites is 1. The van der Waals surface area contributed by atoms with E-state index in [0.29, 0.717) is 30.3 Å². The van der Waals surface area contributed by atoms with Crippen molar-refractivity contribution in [1.29, 1.82) is 0 Å². The molecule has 5 nitrogen and oxygen atoms in total. The number of hydrazone groups is 1. The zero-order valence-corrected chi connectivity index (χ0v) is 13.6. The summed E-state index contributed by atoms with van der Waals surface area (Å²) in [5.74, 6) is -0.0987. The van der Waals surface area contributed by atoms with E-state index >= 15 is 0 Å². The number of nitrogens with zero attached hydrogens (tertiary/aromatic N) is 3. The van der Waals surface area contributed by atoms with E-state index in [2.05, 4.69) is 5.10 Å². The minimum absolute atomic E-state index is 0.0367. The second kappa shape index (κ2) is 6.94. The number of carbonyl (C=O) groups excluding carboxylic acids is 2. The Morgan fingerprint density at radius 2 is 1.83 bits per heavy atom. The van der Waals surface area contributed by atoms with Gasteiger partial charge in [0.05, 0.1) is 5.69 Å². The van der Waals surface area contributed by atoms with Crippen LogP contribution in [-0.4, -0.2) is 35.5 Å². The van der Waals surface area contributed by atoms with Crippen LogP contribution in [0.5, 0.6) is 0 Å². The number of hydrogen-bond donors (Lipinski definition) is 0. The molecular weight excluding hydrogens is 290 g/mol. The zero-order valence-electron chi connectivity index (χ0n) is 13.6. The number of amides is 2. The van der Waals surface area contributed by atoms with E-state index in [1.54, 1.807) is 0 Å². The molecule has 122 valence electrons. The predicted molar refractivity (Wildman–Crippen MR) is 90.2 cm³/mol. The van der Waals surface area contributed by atoms with Gasteiger partial charge in [0.25, 0.3) is 5.91 Å². The Kier molecular flexibility index (Phi) is 4.74. The molecule has 5 heteroatoms. The van der Waals surface area contributed by atoms with E-state index < -0.39 is 0 Å². The first kappa shape index (κ1) is 15.7. The summed E-state index contributed by atoms with van der Waals surface area (Å²) < 4.78 is 0. The molecule has 0 N–H and O–H groups in total. The minimum Gasteiger partial charge on any atom is -0.338 e. The van der Waals surface area contributed by atoms with Crippen molar-refractivity contribution >= 4 is 23.2 Å². The molecule has 1 aliphatic carbocycles. The van der Waals surface area contributed by atoms with Gasteiger partial charge in [-0.05, 0) is 25.0 Å². The van der Waals surface area contributed by atoms with Crippen molar-refractivity contribution in [2.75, 3.05) is 12.1 Å². The molecule has 1 fully saturated rings. The van der Waals surface area contributed by atoms with Crippen molar-refractivity contribution in [1.82, 2.24) is 4.90 Å². The molecular formula is C18H23N3O2. The maximum atomic E-state index is 12.7. The normalized spacial score (nSPS) is 19.4. The highest BCUT2D eigenvalue weighted by Crippen LogP contribution is 2.24. The summed E-state index contributed by atoms with van der Waals surface area (Å²) in [5, 5.41) is 5.72. The van der Waals surface area contributed by atoms with Crippen LogP contribution < -0.4 is 5.01 Å². The van der Waals surface area contributed by atoms with Gasteiger partial charge in [0.15, 0.2) is 0 Å². The zero-order chi connectivity index (χ0) is 16.2. The first-order chi connectivity index (χ1) is 11.2. The van der Waals surface area contributed by atoms with Crippen LogP contribution in [0, 0.1) is 0 Å². The maximum absolute atomic E-state index is 12.7. The molecule has 0 aromatic heterocycles. The summed E-state index contributed by atoms with van der Waals surface area (Å²) in [5.41, 5.74) is 1.20. The summed E-state index contributed by atoms with van der Waals surface area (Å²) in [4.78, 5) is 26.7. The van der Waals surface area contributed by atoms with E-state index in [1.165, 1.54) is 24.3 Å². The first-order valence-corrected chi connectivity index (χ1v) is 8.39. The third-order valence-corrected chi connectivity index (χ3v) is 4.72. The summed E-state index contributed by atoms with van der Waals surface area (Å²) in [6.07, 6.45) is 6.52. The van der Waals surface area contributed by atoms with Crippen LogP contribution in [0.3, 0.4) is 0 Å². The lowest BCUT2D eigenvalue weighted by Crippen LogP contribution is -2.44. The molecule has 1 aliphatic heterocycles. The summed E-state index contributed by atoms with van der Waals surface area (Å²) in [6.45, 7) is 0. The Hall–Kier alpha value is -2.17. The van der Waals surface area contributed by atoms with Crippen LogP contribution in [-0.2, 0) is 9.59 Å². The van der Waals surface area contributed by atoms with Gasteiger partial charge in [-0.3, -0.25) is 9.59 Å². The van der Waals surface area contributed by atoms with E-state index in [9.17, 15) is 9.59 Å². The Balaban J connectivity index is 1.78. The molecule has 2 amide bonds. The van der Waals surface area contributed by atoms with E-state index in [0.717, 1.165) is 12.8 Å². The molecule has 23 heavy (non-hydrogen) atoms. The van der Waals surface area contributed by atoms with Crippen molar-refractivity contribution in [2.24, 2.45) is 5.10 Å². The van der Waals surface area contributed by atoms with Crippen molar-refractivity contribution in [3.63, 3.8) is 0 Å². The SMILES string of the molecule is CN(C(=O)C1=NN(c2ccccc2)C(=O)CC1)C1CCCCC1. The molecule has 0 saturated heterocycles. The van der Waals surface area contributed by atoms with Crippen molar-refractivity contribution in [2.45, 2.75) is 51.0 Å². The lowest BCUT2D eigenvalue weighted by atomic mass is 9.94. The van der Waals surface area contributed by atoms with Crippen LogP contribution in [0.1, 0.15) is 44.9 Å². The molecule has 0 bridgehead atoms. The van der Waals surface area contributed by atoms with Crippen LogP contribution >= 0.6 is 0 Å². The molecule has 1 aromatic carbocycles. The molecule has 0 unspecified atom stereocenters. The third kappa shape index (κ3) is 3.44. The predicted octanol–water partition coefficient (Wildman–Crippen LogP) is 2.96. The highest BCUT2D eigenvalue weighted by atomic mass is 16.2. The Morgan fingerprint density at radius 1 is 1.13 bits per heavy atom. The van der Waals surface area contributed by atoms with Gasteiger partial charge in [0.2, 0.25) is 5.91 Å². The second-order valence-corrected chi connectivity index (χ2v) is 6.30. The molecule has 1 aromatic rings. The molecule has 0 radical (unpaired) electrons. The topological polar surface area (TPSA) is 53.0 Å². The van der Waals surface area contributed by atoms with Crippen molar-refractivity contribution < 1.29 is 9.59 Å². The Morgan fingerprint density at radius 3 is 2.52 bits per heavy atom. The fraction of sp³-hybridized carbons (Fsp3) is 0.500. The molecule has 1 heterocycles. The fourth-order valence-corrected chi connectivity index (χ4v) is 3.32. The van der Waals surface area contributed by atoms with Gasteiger partial charge in [0, 0.05) is 25.9 Å². The van der Waals surface area contributed by atoms with E-state index in [1.807, 2.05) is 42.3 Å². The summed E-state index contributed by atoms with van der Waals surface area (Å²) in [6, 6.07) is 9.59. The van der Waals surface area contributed by atoms with Gasteiger partial charge in [0.1, 0.15) is 5.71 Å². The van der Waals surface area contributed by atoms with Gasteiger partial charge >= 0.3 is 0 Å². The Bertz CT molecular complexity index is 606. The average molecular weight is 313 g/mol. The number of rotatable bonds is 3. The molecule has 2 aliphatic rings. The lowest BCUT2D eigenvalue weighted by Gasteiger charge is -2.32. The number of benzene rings is 1. The van der Waals surface area contributed by atoms with Gasteiger partial charge in [-0.1, -0.05) is 37.5 Å². The highest BCUT2D eigenvalue weighted by molar-refractivity contribution is 6.40. The quantitative estimate of drug-likeness (QED) is 0.861. The standard InChI is InChI=1S/C18H23N3O2/c1-20(14-8-4-2-5-9-14)18(23)16-12-13-17(22)21(19-16)15-10-6-3-7-11-15/h3,6-7,10-11,14H,2,4-5,8-9,12-13H2,1H3. The molecule has 0 atom stereocenters. The smallest absolute Gasteiger partial charge is 0.270 e. The van der Waals surface area contributed by atoms with Crippen LogP contribution in [0.15, 0.2) is 35.4 Å². The van der Waals surface area contributed by atoms with Crippen molar-refractivity contribution in [3.05, 3.63) is 30.3 Å². The lowest BCUT2D eigenvalue weighted by molar-refractivity contribution is -0.125. The second-order valence-electron chi connectivity index (χ2n) is 6.30. The van der Waals surface area contributed by atoms with E-state index in [4.69, 9.17) is 0 Å². The third-order valence-electron chi connectivity index (χ3n) is 4.72. The molecule has 1 saturated carbocycles. The largest absolute Gasteiger partial charge is 0.338 e. The monoisotopic (exact) mass is 313 g/mol. The number of hydrogen-bond acceptors (Lipinski definition) is 3. The van der Waals surface area contributed by atoms with E-state index in [-0.39, 0.29) is 11.8 Å². The van der Waals surface area contributed by atoms with Gasteiger partial charge < -0.3 is 4.90 Å². The number of carbonyl (C=O) groups is 2. The van der Waals surface area contributed by atoms with Gasteiger partial charge in [-0.25, -0.2) is 5.01 Å². The van der Waals surface area contributed by atoms with Gasteiger partial charge in [-0.2, -0.15) is 5.10 Å². The van der Waals surface area contributed by atoms with Crippen molar-refractivity contribution in [3.8, 4) is 0 Å².